The molecule has 0 radical (unpaired) electrons. The fraction of sp³-hybridized carbons (Fsp3) is 0.500. The minimum Gasteiger partial charge on any atom is -0.387 e. The van der Waals surface area contributed by atoms with Crippen LogP contribution in [0.1, 0.15) is 12.5 Å². The molecule has 0 saturated carbocycles. The number of nitrogen functional groups attached to an aromatic ring is 2. The van der Waals surface area contributed by atoms with Crippen LogP contribution in [0.25, 0.3) is 22.3 Å². The third kappa shape index (κ3) is 5.31. The molecule has 25 heteroatoms. The highest BCUT2D eigenvalue weighted by Crippen LogP contribution is 2.53. The number of phosphoric ester groups is 2. The first-order valence-corrected chi connectivity index (χ1v) is 15.9. The fourth-order valence-corrected chi connectivity index (χ4v) is 7.19. The van der Waals surface area contributed by atoms with Crippen LogP contribution in [0.4, 0.5) is 11.8 Å². The van der Waals surface area contributed by atoms with E-state index in [0.717, 1.165) is 17.2 Å². The van der Waals surface area contributed by atoms with E-state index in [2.05, 4.69) is 29.9 Å². The number of aliphatic hydroxyl groups is 2. The zero-order chi connectivity index (χ0) is 31.8. The lowest BCUT2D eigenvalue weighted by Gasteiger charge is -2.25. The molecule has 3 aliphatic rings. The quantitative estimate of drug-likeness (QED) is 0.109. The van der Waals surface area contributed by atoms with Crippen molar-refractivity contribution in [3.05, 3.63) is 29.3 Å². The molecular weight excluding hydrogens is 650 g/mol. The van der Waals surface area contributed by atoms with Crippen LogP contribution in [-0.4, -0.2) is 109 Å². The van der Waals surface area contributed by atoms with Gasteiger partial charge in [0.05, 0.1) is 25.9 Å². The van der Waals surface area contributed by atoms with Crippen molar-refractivity contribution in [3.63, 3.8) is 0 Å². The number of rotatable bonds is 2. The van der Waals surface area contributed by atoms with Crippen LogP contribution < -0.4 is 17.0 Å². The number of nitrogens with zero attached hydrogens (tertiary/aromatic N) is 7. The van der Waals surface area contributed by atoms with Gasteiger partial charge in [0, 0.05) is 0 Å². The molecule has 0 spiro atoms. The van der Waals surface area contributed by atoms with E-state index in [0.29, 0.717) is 0 Å². The van der Waals surface area contributed by atoms with Crippen molar-refractivity contribution in [2.24, 2.45) is 0 Å². The van der Waals surface area contributed by atoms with Gasteiger partial charge in [0.2, 0.25) is 5.95 Å². The Morgan fingerprint density at radius 1 is 0.822 bits per heavy atom. The van der Waals surface area contributed by atoms with E-state index in [1.165, 1.54) is 10.9 Å². The van der Waals surface area contributed by atoms with Gasteiger partial charge in [-0.2, -0.15) is 4.98 Å². The Labute approximate surface area is 248 Å². The molecule has 0 aromatic carbocycles. The van der Waals surface area contributed by atoms with Crippen LogP contribution in [0, 0.1) is 0 Å². The van der Waals surface area contributed by atoms with Crippen molar-refractivity contribution in [3.8, 4) is 0 Å². The number of aliphatic hydroxyl groups excluding tert-OH is 2. The molecular formula is C20H24N10O13P2. The number of hydrogen-bond donors (Lipinski definition) is 7. The molecule has 3 unspecified atom stereocenters. The number of anilines is 2. The lowest BCUT2D eigenvalue weighted by Crippen LogP contribution is -2.36. The zero-order valence-corrected chi connectivity index (χ0v) is 24.2. The monoisotopic (exact) mass is 674 g/mol. The maximum Gasteiger partial charge on any atom is 0.472 e. The van der Waals surface area contributed by atoms with Crippen molar-refractivity contribution in [2.75, 3.05) is 24.7 Å². The van der Waals surface area contributed by atoms with Gasteiger partial charge in [0.15, 0.2) is 35.1 Å². The molecule has 3 saturated heterocycles. The standard InChI is InChI=1S/C20H24N10O13P2/c21-14-8-15(24-3-23-14)29(4-25-8)18-11(32)12-7(41-18)2-39-45(36,37)43-13-10(31)6(1-38-44(34,35)42-12)40-19(13)30-5-26-9-16(30)27-20(22)28-17(9)33/h3-7,10-13,18-19,31-32H,1-2H2,(H,34,35)(H,36,37)(H2,21,23,24)(H3,22,27,28,33)/t6-,7-,10-,11-,12-,13-,18?,19-/m1/s1. The number of ether oxygens (including phenoxy) is 2. The molecule has 3 aliphatic heterocycles. The second kappa shape index (κ2) is 10.8. The van der Waals surface area contributed by atoms with Crippen molar-refractivity contribution in [1.82, 2.24) is 39.0 Å². The zero-order valence-electron chi connectivity index (χ0n) is 22.4. The Bertz CT molecular complexity index is 1940. The lowest BCUT2D eigenvalue weighted by atomic mass is 10.1. The molecule has 7 heterocycles. The molecule has 10 atom stereocenters. The number of nitrogens with one attached hydrogen (secondary N) is 1. The summed E-state index contributed by atoms with van der Waals surface area (Å²) in [5, 5.41) is 22.1. The predicted octanol–water partition coefficient (Wildman–Crippen LogP) is -2.34. The van der Waals surface area contributed by atoms with E-state index in [9.17, 15) is 33.9 Å². The second-order valence-corrected chi connectivity index (χ2v) is 13.0. The van der Waals surface area contributed by atoms with Crippen LogP contribution in [0.15, 0.2) is 23.8 Å². The van der Waals surface area contributed by atoms with Gasteiger partial charge in [-0.05, 0) is 0 Å². The molecule has 4 aromatic heterocycles. The summed E-state index contributed by atoms with van der Waals surface area (Å²) >= 11 is 0. The topological polar surface area (TPSA) is 330 Å². The Morgan fingerprint density at radius 2 is 1.44 bits per heavy atom. The smallest absolute Gasteiger partial charge is 0.387 e. The van der Waals surface area contributed by atoms with Crippen LogP contribution in [0.2, 0.25) is 0 Å². The van der Waals surface area contributed by atoms with E-state index < -0.39 is 83.5 Å². The molecule has 242 valence electrons. The second-order valence-electron chi connectivity index (χ2n) is 10.1. The predicted molar refractivity (Wildman–Crippen MR) is 143 cm³/mol. The normalized spacial score (nSPS) is 37.7. The molecule has 2 bridgehead atoms. The Kier molecular flexibility index (Phi) is 7.27. The van der Waals surface area contributed by atoms with Crippen LogP contribution in [-0.2, 0) is 36.7 Å². The fourth-order valence-electron chi connectivity index (χ4n) is 5.30. The number of phosphoric acid groups is 2. The van der Waals surface area contributed by atoms with Crippen LogP contribution >= 0.6 is 15.6 Å². The SMILES string of the molecule is Nc1nc2c(ncn2[C@@H]2O[C@@H]3COP(=O)(O)O[C@@H]4[C@@H](COP(=O)(O)O[C@@H]2[C@@H]3O)OC(n2cnc3c(N)ncnc32)[C@@H]4O)c(=O)[nH]1. The van der Waals surface area contributed by atoms with Gasteiger partial charge in [0.1, 0.15) is 48.5 Å². The maximum absolute atomic E-state index is 13.2. The summed E-state index contributed by atoms with van der Waals surface area (Å²) in [5.41, 5.74) is 10.8. The molecule has 0 aliphatic carbocycles. The number of imidazole rings is 2. The van der Waals surface area contributed by atoms with Gasteiger partial charge in [0.25, 0.3) is 5.56 Å². The summed E-state index contributed by atoms with van der Waals surface area (Å²) in [6, 6.07) is 0. The lowest BCUT2D eigenvalue weighted by molar-refractivity contribution is -0.0672. The summed E-state index contributed by atoms with van der Waals surface area (Å²) < 4.78 is 61.0. The molecule has 3 fully saturated rings. The summed E-state index contributed by atoms with van der Waals surface area (Å²) in [5.74, 6) is -0.250. The number of H-pyrrole nitrogens is 1. The van der Waals surface area contributed by atoms with Gasteiger partial charge < -0.3 is 40.9 Å². The number of aromatic amines is 1. The van der Waals surface area contributed by atoms with Gasteiger partial charge in [-0.1, -0.05) is 0 Å². The van der Waals surface area contributed by atoms with Crippen molar-refractivity contribution < 1.29 is 56.7 Å². The van der Waals surface area contributed by atoms with E-state index in [4.69, 9.17) is 39.0 Å². The molecule has 9 N–H and O–H groups in total. The molecule has 7 rings (SSSR count). The molecule has 0 amide bonds. The first-order valence-electron chi connectivity index (χ1n) is 13.0. The minimum atomic E-state index is -5.11. The summed E-state index contributed by atoms with van der Waals surface area (Å²) in [4.78, 5) is 55.8. The Morgan fingerprint density at radius 3 is 2.18 bits per heavy atom. The van der Waals surface area contributed by atoms with E-state index in [-0.39, 0.29) is 34.1 Å². The van der Waals surface area contributed by atoms with Gasteiger partial charge >= 0.3 is 15.6 Å². The van der Waals surface area contributed by atoms with Gasteiger partial charge in [-0.25, -0.2) is 29.1 Å². The van der Waals surface area contributed by atoms with Crippen molar-refractivity contribution in [1.29, 1.82) is 0 Å². The van der Waals surface area contributed by atoms with Crippen LogP contribution in [0.3, 0.4) is 0 Å². The number of nitrogens with two attached hydrogens (primary N) is 2. The van der Waals surface area contributed by atoms with Gasteiger partial charge in [-0.15, -0.1) is 0 Å². The largest absolute Gasteiger partial charge is 0.472 e. The third-order valence-electron chi connectivity index (χ3n) is 7.32. The number of fused-ring (bicyclic) bond motifs is 5. The van der Waals surface area contributed by atoms with E-state index in [1.807, 2.05) is 0 Å². The van der Waals surface area contributed by atoms with Crippen molar-refractivity contribution >= 4 is 49.7 Å². The van der Waals surface area contributed by atoms with Crippen molar-refractivity contribution in [2.45, 2.75) is 49.1 Å². The summed E-state index contributed by atoms with van der Waals surface area (Å²) in [7, 11) is -10.2. The average molecular weight is 674 g/mol. The number of hydrogen-bond acceptors (Lipinski definition) is 18. The third-order valence-corrected chi connectivity index (χ3v) is 9.29. The first kappa shape index (κ1) is 30.2. The first-order chi connectivity index (χ1) is 21.3. The molecule has 4 aromatic rings. The molecule has 45 heavy (non-hydrogen) atoms. The molecule has 23 nitrogen and oxygen atoms in total. The summed E-state index contributed by atoms with van der Waals surface area (Å²) in [6.45, 7) is -1.65. The average Bonchev–Trinajstić information content (AvgIpc) is 3.72. The highest BCUT2D eigenvalue weighted by Gasteiger charge is 2.54. The number of aromatic nitrogens is 8. The highest BCUT2D eigenvalue weighted by atomic mass is 31.2. The van der Waals surface area contributed by atoms with E-state index in [1.54, 1.807) is 0 Å². The minimum absolute atomic E-state index is 0.0343. The van der Waals surface area contributed by atoms with Crippen LogP contribution in [0.5, 0.6) is 0 Å². The summed E-state index contributed by atoms with van der Waals surface area (Å²) in [6.07, 6.45) is -9.21. The Hall–Kier alpha value is -3.44. The Balaban J connectivity index is 1.21. The maximum atomic E-state index is 13.2. The highest BCUT2D eigenvalue weighted by molar-refractivity contribution is 7.47. The van der Waals surface area contributed by atoms with Gasteiger partial charge in [-0.3, -0.25) is 37.0 Å². The van der Waals surface area contributed by atoms with E-state index >= 15 is 0 Å².